The van der Waals surface area contributed by atoms with Crippen LogP contribution in [0.4, 0.5) is 0 Å². The molecular formula is C15H24N2O3. The van der Waals surface area contributed by atoms with Crippen LogP contribution in [0.5, 0.6) is 0 Å². The van der Waals surface area contributed by atoms with Crippen molar-refractivity contribution in [3.63, 3.8) is 0 Å². The van der Waals surface area contributed by atoms with Gasteiger partial charge in [0.15, 0.2) is 0 Å². The summed E-state index contributed by atoms with van der Waals surface area (Å²) >= 11 is 0. The van der Waals surface area contributed by atoms with Crippen molar-refractivity contribution < 1.29 is 14.7 Å². The lowest BCUT2D eigenvalue weighted by atomic mass is 10.1. The molecule has 1 unspecified atom stereocenters. The summed E-state index contributed by atoms with van der Waals surface area (Å²) in [6.07, 6.45) is 0. The molecule has 1 N–H and O–H groups in total. The Morgan fingerprint density at radius 3 is 2.25 bits per heavy atom. The van der Waals surface area contributed by atoms with Gasteiger partial charge in [-0.25, -0.2) is 0 Å². The van der Waals surface area contributed by atoms with Gasteiger partial charge in [-0.2, -0.15) is 0 Å². The number of carboxylic acid groups (broad SMARTS) is 1. The van der Waals surface area contributed by atoms with Crippen molar-refractivity contribution in [2.45, 2.75) is 40.7 Å². The molecule has 0 saturated carbocycles. The third-order valence-corrected chi connectivity index (χ3v) is 3.55. The van der Waals surface area contributed by atoms with Gasteiger partial charge in [-0.05, 0) is 33.8 Å². The second kappa shape index (κ2) is 6.11. The predicted molar refractivity (Wildman–Crippen MR) is 78.1 cm³/mol. The number of hydrogen-bond donors (Lipinski definition) is 1. The number of carboxylic acids is 1. The van der Waals surface area contributed by atoms with E-state index in [1.807, 2.05) is 19.9 Å². The average Bonchev–Trinajstić information content (AvgIpc) is 2.63. The topological polar surface area (TPSA) is 62.5 Å². The third-order valence-electron chi connectivity index (χ3n) is 3.55. The van der Waals surface area contributed by atoms with E-state index in [1.165, 1.54) is 4.90 Å². The van der Waals surface area contributed by atoms with E-state index in [2.05, 4.69) is 18.4 Å². The van der Waals surface area contributed by atoms with Crippen molar-refractivity contribution in [3.05, 3.63) is 23.0 Å². The second-order valence-corrected chi connectivity index (χ2v) is 5.67. The number of hydrogen-bond acceptors (Lipinski definition) is 2. The van der Waals surface area contributed by atoms with Gasteiger partial charge in [-0.1, -0.05) is 6.92 Å². The van der Waals surface area contributed by atoms with E-state index in [-0.39, 0.29) is 12.5 Å². The first kappa shape index (κ1) is 16.3. The molecule has 0 spiro atoms. The smallest absolute Gasteiger partial charge is 0.308 e. The number of aryl methyl sites for hydroxylation is 1. The molecule has 0 aliphatic carbocycles. The van der Waals surface area contributed by atoms with E-state index in [9.17, 15) is 9.59 Å². The maximum atomic E-state index is 12.4. The van der Waals surface area contributed by atoms with Crippen molar-refractivity contribution in [2.24, 2.45) is 5.92 Å². The number of nitrogens with zero attached hydrogens (tertiary/aromatic N) is 2. The molecule has 0 aromatic carbocycles. The fraction of sp³-hybridized carbons (Fsp3) is 0.600. The zero-order valence-corrected chi connectivity index (χ0v) is 13.1. The maximum Gasteiger partial charge on any atom is 0.308 e. The fourth-order valence-electron chi connectivity index (χ4n) is 2.57. The van der Waals surface area contributed by atoms with E-state index in [0.29, 0.717) is 11.6 Å². The van der Waals surface area contributed by atoms with Gasteiger partial charge in [0.25, 0.3) is 5.91 Å². The van der Waals surface area contributed by atoms with Gasteiger partial charge < -0.3 is 14.6 Å². The number of carbonyl (C=O) groups is 2. The van der Waals surface area contributed by atoms with Gasteiger partial charge in [-0.3, -0.25) is 9.59 Å². The molecule has 112 valence electrons. The van der Waals surface area contributed by atoms with Gasteiger partial charge in [-0.15, -0.1) is 0 Å². The van der Waals surface area contributed by atoms with Gasteiger partial charge in [0.2, 0.25) is 0 Å². The molecule has 0 aliphatic heterocycles. The second-order valence-electron chi connectivity index (χ2n) is 5.67. The Balaban J connectivity index is 2.98. The van der Waals surface area contributed by atoms with E-state index in [1.54, 1.807) is 14.0 Å². The predicted octanol–water partition coefficient (Wildman–Crippen LogP) is 2.48. The molecule has 5 heteroatoms. The molecular weight excluding hydrogens is 256 g/mol. The van der Waals surface area contributed by atoms with Crippen molar-refractivity contribution in [2.75, 3.05) is 13.6 Å². The Bertz CT molecular complexity index is 517. The molecule has 0 radical (unpaired) electrons. The molecule has 5 nitrogen and oxygen atoms in total. The summed E-state index contributed by atoms with van der Waals surface area (Å²) in [7, 11) is 1.64. The third kappa shape index (κ3) is 3.21. The first-order valence-corrected chi connectivity index (χ1v) is 6.83. The van der Waals surface area contributed by atoms with E-state index in [4.69, 9.17) is 5.11 Å². The van der Waals surface area contributed by atoms with Crippen molar-refractivity contribution in [1.82, 2.24) is 9.47 Å². The van der Waals surface area contributed by atoms with Crippen LogP contribution in [0.3, 0.4) is 0 Å². The highest BCUT2D eigenvalue weighted by molar-refractivity contribution is 5.95. The van der Waals surface area contributed by atoms with Crippen molar-refractivity contribution >= 4 is 11.9 Å². The van der Waals surface area contributed by atoms with Crippen LogP contribution < -0.4 is 0 Å². The molecule has 0 bridgehead atoms. The minimum Gasteiger partial charge on any atom is -0.481 e. The monoisotopic (exact) mass is 280 g/mol. The Morgan fingerprint density at radius 1 is 1.30 bits per heavy atom. The lowest BCUT2D eigenvalue weighted by Gasteiger charge is -2.20. The summed E-state index contributed by atoms with van der Waals surface area (Å²) in [6, 6.07) is 2.17. The zero-order chi connectivity index (χ0) is 15.6. The lowest BCUT2D eigenvalue weighted by Crippen LogP contribution is -2.33. The summed E-state index contributed by atoms with van der Waals surface area (Å²) in [5, 5.41) is 8.92. The Morgan fingerprint density at radius 2 is 1.85 bits per heavy atom. The number of amides is 1. The Kier molecular flexibility index (Phi) is 4.98. The Hall–Kier alpha value is -1.78. The van der Waals surface area contributed by atoms with Gasteiger partial charge in [0.1, 0.15) is 0 Å². The molecule has 0 fully saturated rings. The normalized spacial score (nSPS) is 12.6. The number of rotatable bonds is 5. The molecule has 1 aromatic rings. The van der Waals surface area contributed by atoms with Gasteiger partial charge in [0, 0.05) is 31.0 Å². The standard InChI is InChI=1S/C15H24N2O3/c1-9(2)17-11(4)7-13(12(17)5)14(18)16(6)8-10(3)15(19)20/h7,9-10H,8H2,1-6H3,(H,19,20). The highest BCUT2D eigenvalue weighted by Crippen LogP contribution is 2.21. The minimum absolute atomic E-state index is 0.127. The molecule has 1 rings (SSSR count). The van der Waals surface area contributed by atoms with Gasteiger partial charge in [0.05, 0.1) is 11.5 Å². The zero-order valence-electron chi connectivity index (χ0n) is 13.1. The fourth-order valence-corrected chi connectivity index (χ4v) is 2.57. The summed E-state index contributed by atoms with van der Waals surface area (Å²) in [5.74, 6) is -1.59. The van der Waals surface area contributed by atoms with Crippen LogP contribution in [0.25, 0.3) is 0 Å². The molecule has 1 atom stereocenters. The highest BCUT2D eigenvalue weighted by atomic mass is 16.4. The highest BCUT2D eigenvalue weighted by Gasteiger charge is 2.22. The first-order chi connectivity index (χ1) is 9.16. The SMILES string of the molecule is Cc1cc(C(=O)N(C)CC(C)C(=O)O)c(C)n1C(C)C. The summed E-state index contributed by atoms with van der Waals surface area (Å²) in [6.45, 7) is 9.86. The van der Waals surface area contributed by atoms with E-state index < -0.39 is 11.9 Å². The average molecular weight is 280 g/mol. The molecule has 1 aromatic heterocycles. The van der Waals surface area contributed by atoms with Crippen molar-refractivity contribution in [3.8, 4) is 0 Å². The van der Waals surface area contributed by atoms with Crippen LogP contribution in [0.15, 0.2) is 6.07 Å². The largest absolute Gasteiger partial charge is 0.481 e. The van der Waals surface area contributed by atoms with Crippen LogP contribution in [-0.4, -0.2) is 40.0 Å². The maximum absolute atomic E-state index is 12.4. The number of aliphatic carboxylic acids is 1. The van der Waals surface area contributed by atoms with Crippen LogP contribution >= 0.6 is 0 Å². The molecule has 1 heterocycles. The quantitative estimate of drug-likeness (QED) is 0.901. The van der Waals surface area contributed by atoms with Crippen LogP contribution in [0.1, 0.15) is 48.6 Å². The van der Waals surface area contributed by atoms with Crippen LogP contribution in [-0.2, 0) is 4.79 Å². The molecule has 0 saturated heterocycles. The molecule has 0 aliphatic rings. The van der Waals surface area contributed by atoms with Crippen molar-refractivity contribution in [1.29, 1.82) is 0 Å². The summed E-state index contributed by atoms with van der Waals surface area (Å²) < 4.78 is 2.11. The minimum atomic E-state index is -0.891. The summed E-state index contributed by atoms with van der Waals surface area (Å²) in [4.78, 5) is 24.8. The summed E-state index contributed by atoms with van der Waals surface area (Å²) in [5.41, 5.74) is 2.62. The lowest BCUT2D eigenvalue weighted by molar-refractivity contribution is -0.141. The van der Waals surface area contributed by atoms with E-state index in [0.717, 1.165) is 11.4 Å². The van der Waals surface area contributed by atoms with Crippen LogP contribution in [0, 0.1) is 19.8 Å². The first-order valence-electron chi connectivity index (χ1n) is 6.83. The van der Waals surface area contributed by atoms with Crippen LogP contribution in [0.2, 0.25) is 0 Å². The Labute approximate surface area is 120 Å². The number of aromatic nitrogens is 1. The molecule has 20 heavy (non-hydrogen) atoms. The number of carbonyl (C=O) groups excluding carboxylic acids is 1. The van der Waals surface area contributed by atoms with Gasteiger partial charge >= 0.3 is 5.97 Å². The molecule has 1 amide bonds. The van der Waals surface area contributed by atoms with E-state index >= 15 is 0 Å².